The Morgan fingerprint density at radius 1 is 1.12 bits per heavy atom. The molecule has 0 saturated carbocycles. The number of rotatable bonds is 6. The van der Waals surface area contributed by atoms with E-state index in [0.29, 0.717) is 16.3 Å². The summed E-state index contributed by atoms with van der Waals surface area (Å²) in [5, 5.41) is 3.09. The number of carbonyl (C=O) groups is 1. The van der Waals surface area contributed by atoms with Crippen LogP contribution in [0.3, 0.4) is 0 Å². The molecule has 2 aromatic rings. The lowest BCUT2D eigenvalue weighted by atomic mass is 10.1. The second-order valence-corrected chi connectivity index (χ2v) is 8.63. The summed E-state index contributed by atoms with van der Waals surface area (Å²) in [5.41, 5.74) is 3.85. The van der Waals surface area contributed by atoms with Gasteiger partial charge in [-0.2, -0.15) is 0 Å². The molecule has 0 heterocycles. The van der Waals surface area contributed by atoms with Crippen LogP contribution in [0.25, 0.3) is 0 Å². The number of nitrogens with zero attached hydrogens (tertiary/aromatic N) is 1. The second-order valence-electron chi connectivity index (χ2n) is 6.32. The van der Waals surface area contributed by atoms with Crippen molar-refractivity contribution in [2.75, 3.05) is 23.7 Å². The maximum atomic E-state index is 12.3. The number of hydrogen-bond donors (Lipinski definition) is 1. The second kappa shape index (κ2) is 8.10. The molecular weight excluding hydrogens is 372 g/mol. The van der Waals surface area contributed by atoms with E-state index in [1.54, 1.807) is 24.3 Å². The predicted octanol–water partition coefficient (Wildman–Crippen LogP) is 3.46. The van der Waals surface area contributed by atoms with Crippen molar-refractivity contribution in [1.82, 2.24) is 5.32 Å². The molecule has 0 spiro atoms. The molecule has 0 atom stereocenters. The lowest BCUT2D eigenvalue weighted by molar-refractivity contribution is 0.0955. The number of sulfonamides is 1. The fourth-order valence-electron chi connectivity index (χ4n) is 3.02. The quantitative estimate of drug-likeness (QED) is 0.815. The lowest BCUT2D eigenvalue weighted by Crippen LogP contribution is -2.39. The highest BCUT2D eigenvalue weighted by Crippen LogP contribution is 2.28. The van der Waals surface area contributed by atoms with Gasteiger partial charge in [0.2, 0.25) is 10.0 Å². The molecule has 0 fully saturated rings. The van der Waals surface area contributed by atoms with Gasteiger partial charge in [-0.15, -0.1) is 0 Å². The van der Waals surface area contributed by atoms with Crippen molar-refractivity contribution < 1.29 is 13.2 Å². The summed E-state index contributed by atoms with van der Waals surface area (Å²) in [5.74, 6) is -0.332. The summed E-state index contributed by atoms with van der Waals surface area (Å²) in [6, 6.07) is 10.6. The van der Waals surface area contributed by atoms with Crippen molar-refractivity contribution in [3.63, 3.8) is 0 Å². The van der Waals surface area contributed by atoms with E-state index in [4.69, 9.17) is 11.6 Å². The van der Waals surface area contributed by atoms with Gasteiger partial charge in [0.25, 0.3) is 5.91 Å². The highest BCUT2D eigenvalue weighted by molar-refractivity contribution is 7.92. The van der Waals surface area contributed by atoms with Gasteiger partial charge >= 0.3 is 0 Å². The van der Waals surface area contributed by atoms with E-state index >= 15 is 0 Å². The first kappa shape index (κ1) is 20.3. The first-order chi connectivity index (χ1) is 12.1. The SMILES string of the molecule is Cc1cc(C)c(N(CCNC(=O)c2ccccc2Cl)S(C)(=O)=O)c(C)c1. The molecule has 0 unspecified atom stereocenters. The summed E-state index contributed by atoms with van der Waals surface area (Å²) < 4.78 is 26.0. The molecule has 2 aromatic carbocycles. The third-order valence-corrected chi connectivity index (χ3v) is 5.50. The Hall–Kier alpha value is -2.05. The third kappa shape index (κ3) is 4.77. The minimum Gasteiger partial charge on any atom is -0.350 e. The third-order valence-electron chi connectivity index (χ3n) is 4.00. The van der Waals surface area contributed by atoms with E-state index in [9.17, 15) is 13.2 Å². The normalized spacial score (nSPS) is 11.3. The molecule has 2 rings (SSSR count). The Morgan fingerprint density at radius 2 is 1.69 bits per heavy atom. The average Bonchev–Trinajstić information content (AvgIpc) is 2.51. The molecular formula is C19H23ClN2O3S. The van der Waals surface area contributed by atoms with Crippen LogP contribution in [0.15, 0.2) is 36.4 Å². The van der Waals surface area contributed by atoms with E-state index in [0.717, 1.165) is 16.7 Å². The Kier molecular flexibility index (Phi) is 6.31. The van der Waals surface area contributed by atoms with Gasteiger partial charge in [0, 0.05) is 6.54 Å². The molecule has 1 N–H and O–H groups in total. The molecule has 0 aliphatic rings. The molecule has 0 aliphatic heterocycles. The number of nitrogens with one attached hydrogen (secondary N) is 1. The molecule has 26 heavy (non-hydrogen) atoms. The van der Waals surface area contributed by atoms with Crippen molar-refractivity contribution >= 4 is 33.2 Å². The van der Waals surface area contributed by atoms with Gasteiger partial charge in [-0.1, -0.05) is 41.4 Å². The molecule has 0 saturated heterocycles. The maximum absolute atomic E-state index is 12.3. The molecule has 0 bridgehead atoms. The van der Waals surface area contributed by atoms with Crippen molar-refractivity contribution in [1.29, 1.82) is 0 Å². The van der Waals surface area contributed by atoms with Crippen LogP contribution >= 0.6 is 11.6 Å². The number of hydrogen-bond acceptors (Lipinski definition) is 3. The van der Waals surface area contributed by atoms with E-state index in [1.807, 2.05) is 32.9 Å². The van der Waals surface area contributed by atoms with Gasteiger partial charge in [-0.3, -0.25) is 9.10 Å². The summed E-state index contributed by atoms with van der Waals surface area (Å²) in [6.07, 6.45) is 1.17. The molecule has 0 radical (unpaired) electrons. The van der Waals surface area contributed by atoms with Gasteiger partial charge in [-0.25, -0.2) is 8.42 Å². The van der Waals surface area contributed by atoms with E-state index in [1.165, 1.54) is 10.6 Å². The zero-order valence-electron chi connectivity index (χ0n) is 15.3. The van der Waals surface area contributed by atoms with Crippen LogP contribution in [0.4, 0.5) is 5.69 Å². The highest BCUT2D eigenvalue weighted by Gasteiger charge is 2.21. The summed E-state index contributed by atoms with van der Waals surface area (Å²) in [7, 11) is -3.49. The summed E-state index contributed by atoms with van der Waals surface area (Å²) in [6.45, 7) is 6.05. The number of carbonyl (C=O) groups excluding carboxylic acids is 1. The number of halogens is 1. The number of aryl methyl sites for hydroxylation is 3. The monoisotopic (exact) mass is 394 g/mol. The minimum absolute atomic E-state index is 0.139. The van der Waals surface area contributed by atoms with Crippen molar-refractivity contribution in [3.05, 3.63) is 63.7 Å². The van der Waals surface area contributed by atoms with Gasteiger partial charge in [0.15, 0.2) is 0 Å². The van der Waals surface area contributed by atoms with Crippen molar-refractivity contribution in [3.8, 4) is 0 Å². The van der Waals surface area contributed by atoms with Crippen molar-refractivity contribution in [2.24, 2.45) is 0 Å². The first-order valence-electron chi connectivity index (χ1n) is 8.19. The van der Waals surface area contributed by atoms with Crippen LogP contribution in [-0.2, 0) is 10.0 Å². The fraction of sp³-hybridized carbons (Fsp3) is 0.316. The zero-order chi connectivity index (χ0) is 19.5. The lowest BCUT2D eigenvalue weighted by Gasteiger charge is -2.26. The van der Waals surface area contributed by atoms with Gasteiger partial charge in [-0.05, 0) is 44.0 Å². The first-order valence-corrected chi connectivity index (χ1v) is 10.4. The number of benzene rings is 2. The van der Waals surface area contributed by atoms with Gasteiger partial charge < -0.3 is 5.32 Å². The molecule has 140 valence electrons. The highest BCUT2D eigenvalue weighted by atomic mass is 35.5. The van der Waals surface area contributed by atoms with Gasteiger partial charge in [0.05, 0.1) is 29.1 Å². The minimum atomic E-state index is -3.49. The number of amides is 1. The van der Waals surface area contributed by atoms with Crippen LogP contribution in [-0.4, -0.2) is 33.7 Å². The van der Waals surface area contributed by atoms with Crippen LogP contribution in [0.1, 0.15) is 27.0 Å². The van der Waals surface area contributed by atoms with Crippen LogP contribution in [0, 0.1) is 20.8 Å². The Bertz CT molecular complexity index is 903. The molecule has 7 heteroatoms. The maximum Gasteiger partial charge on any atom is 0.252 e. The summed E-state index contributed by atoms with van der Waals surface area (Å²) >= 11 is 6.02. The Morgan fingerprint density at radius 3 is 2.23 bits per heavy atom. The molecule has 5 nitrogen and oxygen atoms in total. The zero-order valence-corrected chi connectivity index (χ0v) is 16.9. The van der Waals surface area contributed by atoms with E-state index in [-0.39, 0.29) is 19.0 Å². The Labute approximate surface area is 160 Å². The standard InChI is InChI=1S/C19H23ClN2O3S/c1-13-11-14(2)18(15(3)12-13)22(26(4,24)25)10-9-21-19(23)16-7-5-6-8-17(16)20/h5-8,11-12H,9-10H2,1-4H3,(H,21,23). The van der Waals surface area contributed by atoms with Crippen LogP contribution in [0.5, 0.6) is 0 Å². The molecule has 1 amide bonds. The number of anilines is 1. The molecule has 0 aliphatic carbocycles. The van der Waals surface area contributed by atoms with E-state index in [2.05, 4.69) is 5.32 Å². The fourth-order valence-corrected chi connectivity index (χ4v) is 4.28. The van der Waals surface area contributed by atoms with Gasteiger partial charge in [0.1, 0.15) is 0 Å². The van der Waals surface area contributed by atoms with Crippen LogP contribution < -0.4 is 9.62 Å². The Balaban J connectivity index is 2.19. The van der Waals surface area contributed by atoms with E-state index < -0.39 is 10.0 Å². The summed E-state index contributed by atoms with van der Waals surface area (Å²) in [4.78, 5) is 12.2. The van der Waals surface area contributed by atoms with Crippen LogP contribution in [0.2, 0.25) is 5.02 Å². The van der Waals surface area contributed by atoms with Crippen molar-refractivity contribution in [2.45, 2.75) is 20.8 Å². The molecule has 0 aromatic heterocycles. The largest absolute Gasteiger partial charge is 0.350 e. The topological polar surface area (TPSA) is 66.5 Å². The average molecular weight is 395 g/mol. The predicted molar refractivity (Wildman–Crippen MR) is 107 cm³/mol. The smallest absolute Gasteiger partial charge is 0.252 e.